The second-order valence-electron chi connectivity index (χ2n) is 3.85. The maximum Gasteiger partial charge on any atom is 0.154 e. The number of rotatable bonds is 5. The van der Waals surface area contributed by atoms with E-state index in [1.807, 2.05) is 0 Å². The van der Waals surface area contributed by atoms with Crippen molar-refractivity contribution in [2.24, 2.45) is 5.73 Å². The van der Waals surface area contributed by atoms with Gasteiger partial charge in [-0.3, -0.25) is 0 Å². The molecule has 3 N–H and O–H groups in total. The number of aliphatic hydroxyl groups excluding tert-OH is 1. The predicted molar refractivity (Wildman–Crippen MR) is 65.6 cm³/mol. The Kier molecular flexibility index (Phi) is 4.50. The maximum absolute atomic E-state index is 11.4. The van der Waals surface area contributed by atoms with Crippen LogP contribution in [0, 0.1) is 0 Å². The number of benzene rings is 1. The Morgan fingerprint density at radius 3 is 2.24 bits per heavy atom. The van der Waals surface area contributed by atoms with Gasteiger partial charge in [-0.25, -0.2) is 8.42 Å². The number of aliphatic hydroxyl groups is 1. The molecule has 0 saturated heterocycles. The van der Waals surface area contributed by atoms with Gasteiger partial charge in [0, 0.05) is 12.3 Å². The molecule has 0 aliphatic heterocycles. The van der Waals surface area contributed by atoms with Crippen molar-refractivity contribution in [3.63, 3.8) is 0 Å². The van der Waals surface area contributed by atoms with Crippen molar-refractivity contribution in [2.75, 3.05) is 20.0 Å². The molecule has 6 heteroatoms. The van der Waals surface area contributed by atoms with Gasteiger partial charge in [0.2, 0.25) is 0 Å². The van der Waals surface area contributed by atoms with Gasteiger partial charge >= 0.3 is 0 Å². The molecule has 0 spiro atoms. The molecule has 1 aromatic carbocycles. The van der Waals surface area contributed by atoms with Crippen LogP contribution in [0.4, 0.5) is 0 Å². The summed E-state index contributed by atoms with van der Waals surface area (Å²) in [5.41, 5.74) is 6.50. The second kappa shape index (κ2) is 5.48. The average Bonchev–Trinajstić information content (AvgIpc) is 2.28. The monoisotopic (exact) mass is 259 g/mol. The van der Waals surface area contributed by atoms with E-state index in [4.69, 9.17) is 15.6 Å². The number of sulfone groups is 1. The molecular weight excluding hydrogens is 242 g/mol. The van der Waals surface area contributed by atoms with E-state index in [-0.39, 0.29) is 0 Å². The van der Waals surface area contributed by atoms with E-state index in [0.29, 0.717) is 11.3 Å². The van der Waals surface area contributed by atoms with Gasteiger partial charge in [0.05, 0.1) is 13.7 Å². The van der Waals surface area contributed by atoms with Crippen LogP contribution in [0.15, 0.2) is 24.3 Å². The summed E-state index contributed by atoms with van der Waals surface area (Å²) in [4.78, 5) is 0. The fourth-order valence-electron chi connectivity index (χ4n) is 1.56. The number of ether oxygens (including phenoxy) is 1. The Hall–Kier alpha value is -1.11. The van der Waals surface area contributed by atoms with Crippen LogP contribution in [0.25, 0.3) is 0 Å². The van der Waals surface area contributed by atoms with E-state index in [1.165, 1.54) is 0 Å². The average molecular weight is 259 g/mol. The summed E-state index contributed by atoms with van der Waals surface area (Å²) in [7, 11) is -1.84. The van der Waals surface area contributed by atoms with E-state index in [2.05, 4.69) is 0 Å². The molecule has 0 amide bonds. The molecule has 0 heterocycles. The zero-order valence-corrected chi connectivity index (χ0v) is 10.6. The van der Waals surface area contributed by atoms with Crippen molar-refractivity contribution in [3.8, 4) is 5.75 Å². The van der Waals surface area contributed by atoms with E-state index >= 15 is 0 Å². The minimum atomic E-state index is -3.38. The van der Waals surface area contributed by atoms with Gasteiger partial charge in [0.25, 0.3) is 0 Å². The van der Waals surface area contributed by atoms with Crippen LogP contribution in [0.1, 0.15) is 11.6 Å². The summed E-state index contributed by atoms with van der Waals surface area (Å²) in [5, 5.41) is 8.12. The highest BCUT2D eigenvalue weighted by Gasteiger charge is 2.28. The largest absolute Gasteiger partial charge is 0.497 e. The Bertz CT molecular complexity index is 455. The molecule has 0 fully saturated rings. The summed E-state index contributed by atoms with van der Waals surface area (Å²) in [5.74, 6) is 0.667. The number of hydrogen-bond acceptors (Lipinski definition) is 5. The molecule has 17 heavy (non-hydrogen) atoms. The fourth-order valence-corrected chi connectivity index (χ4v) is 2.52. The summed E-state index contributed by atoms with van der Waals surface area (Å²) in [6.45, 7) is -0.494. The molecule has 5 nitrogen and oxygen atoms in total. The highest BCUT2D eigenvalue weighted by atomic mass is 32.2. The van der Waals surface area contributed by atoms with Crippen LogP contribution in [0.3, 0.4) is 0 Å². The third-order valence-corrected chi connectivity index (χ3v) is 4.17. The summed E-state index contributed by atoms with van der Waals surface area (Å²) in [6.07, 6.45) is 1.07. The smallest absolute Gasteiger partial charge is 0.154 e. The molecule has 0 aliphatic rings. The molecule has 1 aromatic rings. The molecule has 0 aromatic heterocycles. The van der Waals surface area contributed by atoms with Crippen LogP contribution >= 0.6 is 0 Å². The number of methoxy groups -OCH3 is 1. The van der Waals surface area contributed by atoms with E-state index in [0.717, 1.165) is 6.26 Å². The first-order valence-corrected chi connectivity index (χ1v) is 7.05. The van der Waals surface area contributed by atoms with Gasteiger partial charge in [-0.15, -0.1) is 0 Å². The van der Waals surface area contributed by atoms with E-state index < -0.39 is 27.7 Å². The van der Waals surface area contributed by atoms with Crippen LogP contribution in [-0.2, 0) is 9.84 Å². The van der Waals surface area contributed by atoms with Crippen LogP contribution < -0.4 is 10.5 Å². The fraction of sp³-hybridized carbons (Fsp3) is 0.455. The van der Waals surface area contributed by atoms with Crippen LogP contribution in [-0.4, -0.2) is 38.7 Å². The van der Waals surface area contributed by atoms with E-state index in [1.54, 1.807) is 31.4 Å². The molecule has 0 saturated carbocycles. The topological polar surface area (TPSA) is 89.6 Å². The van der Waals surface area contributed by atoms with Gasteiger partial charge in [-0.1, -0.05) is 12.1 Å². The van der Waals surface area contributed by atoms with Gasteiger partial charge in [0.15, 0.2) is 9.84 Å². The van der Waals surface area contributed by atoms with Gasteiger partial charge < -0.3 is 15.6 Å². The molecule has 0 bridgehead atoms. The Labute approximate surface area is 101 Å². The van der Waals surface area contributed by atoms with Crippen molar-refractivity contribution in [3.05, 3.63) is 29.8 Å². The lowest BCUT2D eigenvalue weighted by Crippen LogP contribution is -2.36. The molecule has 96 valence electrons. The summed E-state index contributed by atoms with van der Waals surface area (Å²) >= 11 is 0. The minimum absolute atomic E-state index is 0.494. The highest BCUT2D eigenvalue weighted by Crippen LogP contribution is 2.21. The summed E-state index contributed by atoms with van der Waals surface area (Å²) in [6, 6.07) is 6.04. The molecule has 0 radical (unpaired) electrons. The third-order valence-electron chi connectivity index (χ3n) is 2.63. The summed E-state index contributed by atoms with van der Waals surface area (Å²) < 4.78 is 27.9. The molecular formula is C11H17NO4S. The zero-order chi connectivity index (χ0) is 13.1. The SMILES string of the molecule is COc1ccc([C@H](N)[C@@H](CO)S(C)(=O)=O)cc1. The lowest BCUT2D eigenvalue weighted by molar-refractivity contribution is 0.278. The zero-order valence-electron chi connectivity index (χ0n) is 9.83. The van der Waals surface area contributed by atoms with Crippen LogP contribution in [0.2, 0.25) is 0 Å². The van der Waals surface area contributed by atoms with Crippen molar-refractivity contribution in [2.45, 2.75) is 11.3 Å². The lowest BCUT2D eigenvalue weighted by Gasteiger charge is -2.20. The van der Waals surface area contributed by atoms with Crippen molar-refractivity contribution in [1.29, 1.82) is 0 Å². The molecule has 0 aliphatic carbocycles. The van der Waals surface area contributed by atoms with Crippen molar-refractivity contribution < 1.29 is 18.3 Å². The molecule has 2 atom stereocenters. The van der Waals surface area contributed by atoms with Crippen LogP contribution in [0.5, 0.6) is 5.75 Å². The first-order valence-electron chi connectivity index (χ1n) is 5.09. The first kappa shape index (κ1) is 14.0. The standard InChI is InChI=1S/C11H17NO4S/c1-16-9-5-3-8(4-6-9)11(12)10(7-13)17(2,14)15/h3-6,10-11,13H,7,12H2,1-2H3/t10-,11+/m1/s1. The maximum atomic E-state index is 11.4. The minimum Gasteiger partial charge on any atom is -0.497 e. The third kappa shape index (κ3) is 3.42. The normalized spacial score (nSPS) is 15.3. The quantitative estimate of drug-likeness (QED) is 0.783. The Morgan fingerprint density at radius 1 is 1.35 bits per heavy atom. The van der Waals surface area contributed by atoms with Gasteiger partial charge in [-0.2, -0.15) is 0 Å². The highest BCUT2D eigenvalue weighted by molar-refractivity contribution is 7.91. The Balaban J connectivity index is 2.98. The first-order chi connectivity index (χ1) is 7.90. The number of nitrogens with two attached hydrogens (primary N) is 1. The molecule has 0 unspecified atom stereocenters. The van der Waals surface area contributed by atoms with Crippen molar-refractivity contribution >= 4 is 9.84 Å². The number of hydrogen-bond donors (Lipinski definition) is 2. The molecule has 1 rings (SSSR count). The van der Waals surface area contributed by atoms with Gasteiger partial charge in [-0.05, 0) is 17.7 Å². The Morgan fingerprint density at radius 2 is 1.88 bits per heavy atom. The lowest BCUT2D eigenvalue weighted by atomic mass is 10.0. The van der Waals surface area contributed by atoms with Crippen molar-refractivity contribution in [1.82, 2.24) is 0 Å². The van der Waals surface area contributed by atoms with Gasteiger partial charge in [0.1, 0.15) is 11.0 Å². The second-order valence-corrected chi connectivity index (χ2v) is 6.11. The predicted octanol–water partition coefficient (Wildman–Crippen LogP) is 0.100. The van der Waals surface area contributed by atoms with E-state index in [9.17, 15) is 8.42 Å².